The van der Waals surface area contributed by atoms with E-state index in [1.807, 2.05) is 0 Å². The molecule has 144 valence electrons. The third-order valence-corrected chi connectivity index (χ3v) is 3.77. The van der Waals surface area contributed by atoms with Gasteiger partial charge in [0.15, 0.2) is 6.61 Å². The van der Waals surface area contributed by atoms with Gasteiger partial charge in [-0.1, -0.05) is 23.7 Å². The predicted molar refractivity (Wildman–Crippen MR) is 92.7 cm³/mol. The number of methoxy groups -OCH3 is 1. The molecule has 1 N–H and O–H groups in total. The quantitative estimate of drug-likeness (QED) is 0.740. The second-order valence-corrected chi connectivity index (χ2v) is 5.83. The van der Waals surface area contributed by atoms with Crippen molar-refractivity contribution >= 4 is 29.2 Å². The molecule has 0 saturated carbocycles. The van der Waals surface area contributed by atoms with Gasteiger partial charge >= 0.3 is 12.1 Å². The molecular formula is C18H15ClF3NO4. The Labute approximate surface area is 158 Å². The highest BCUT2D eigenvalue weighted by molar-refractivity contribution is 6.33. The number of hydrogen-bond acceptors (Lipinski definition) is 4. The minimum atomic E-state index is -4.55. The van der Waals surface area contributed by atoms with Crippen molar-refractivity contribution in [2.24, 2.45) is 0 Å². The summed E-state index contributed by atoms with van der Waals surface area (Å²) in [6, 6.07) is 9.01. The number of amides is 1. The standard InChI is InChI=1S/C18H15ClF3NO4/c1-26-17(25)8-11-2-5-13(6-3-11)27-10-16(24)23-15-9-12(18(20,21)22)4-7-14(15)19/h2-7,9H,8,10H2,1H3,(H,23,24). The molecule has 0 radical (unpaired) electrons. The normalized spacial score (nSPS) is 11.0. The molecule has 0 aliphatic carbocycles. The van der Waals surface area contributed by atoms with Crippen LogP contribution in [-0.4, -0.2) is 25.6 Å². The van der Waals surface area contributed by atoms with Gasteiger partial charge in [0, 0.05) is 0 Å². The second-order valence-electron chi connectivity index (χ2n) is 5.43. The number of esters is 1. The molecule has 0 heterocycles. The van der Waals surface area contributed by atoms with Crippen molar-refractivity contribution in [3.8, 4) is 5.75 Å². The molecule has 0 atom stereocenters. The van der Waals surface area contributed by atoms with Crippen LogP contribution in [0.5, 0.6) is 5.75 Å². The van der Waals surface area contributed by atoms with Crippen molar-refractivity contribution in [3.63, 3.8) is 0 Å². The highest BCUT2D eigenvalue weighted by Crippen LogP contribution is 2.33. The van der Waals surface area contributed by atoms with Crippen molar-refractivity contribution in [1.82, 2.24) is 0 Å². The fourth-order valence-corrected chi connectivity index (χ4v) is 2.24. The fourth-order valence-electron chi connectivity index (χ4n) is 2.07. The molecule has 0 saturated heterocycles. The van der Waals surface area contributed by atoms with E-state index in [1.165, 1.54) is 7.11 Å². The molecule has 1 amide bonds. The van der Waals surface area contributed by atoms with Gasteiger partial charge < -0.3 is 14.8 Å². The van der Waals surface area contributed by atoms with Crippen molar-refractivity contribution in [1.29, 1.82) is 0 Å². The van der Waals surface area contributed by atoms with Gasteiger partial charge in [0.25, 0.3) is 5.91 Å². The SMILES string of the molecule is COC(=O)Cc1ccc(OCC(=O)Nc2cc(C(F)(F)F)ccc2Cl)cc1. The van der Waals surface area contributed by atoms with Crippen molar-refractivity contribution in [3.05, 3.63) is 58.6 Å². The number of halogens is 4. The van der Waals surface area contributed by atoms with E-state index in [0.29, 0.717) is 11.3 Å². The Morgan fingerprint density at radius 2 is 1.78 bits per heavy atom. The van der Waals surface area contributed by atoms with Gasteiger partial charge in [-0.15, -0.1) is 0 Å². The first-order valence-corrected chi connectivity index (χ1v) is 8.02. The number of alkyl halides is 3. The van der Waals surface area contributed by atoms with Gasteiger partial charge in [-0.2, -0.15) is 13.2 Å². The van der Waals surface area contributed by atoms with Gasteiger partial charge in [-0.3, -0.25) is 9.59 Å². The zero-order valence-electron chi connectivity index (χ0n) is 14.1. The smallest absolute Gasteiger partial charge is 0.416 e. The zero-order valence-corrected chi connectivity index (χ0v) is 14.9. The first-order chi connectivity index (χ1) is 12.7. The van der Waals surface area contributed by atoms with E-state index in [0.717, 1.165) is 18.2 Å². The Bertz CT molecular complexity index is 822. The summed E-state index contributed by atoms with van der Waals surface area (Å²) in [6.45, 7) is -0.428. The van der Waals surface area contributed by atoms with Crippen LogP contribution in [0.1, 0.15) is 11.1 Å². The number of ether oxygens (including phenoxy) is 2. The second kappa shape index (κ2) is 8.77. The average Bonchev–Trinajstić information content (AvgIpc) is 2.62. The topological polar surface area (TPSA) is 64.6 Å². The van der Waals surface area contributed by atoms with E-state index in [-0.39, 0.29) is 23.1 Å². The molecule has 2 aromatic carbocycles. The molecule has 0 fully saturated rings. The lowest BCUT2D eigenvalue weighted by Gasteiger charge is -2.12. The molecule has 2 aromatic rings. The van der Waals surface area contributed by atoms with Crippen LogP contribution in [0.3, 0.4) is 0 Å². The lowest BCUT2D eigenvalue weighted by molar-refractivity contribution is -0.140. The summed E-state index contributed by atoms with van der Waals surface area (Å²) in [5.74, 6) is -0.704. The third-order valence-electron chi connectivity index (χ3n) is 3.44. The number of nitrogens with one attached hydrogen (secondary N) is 1. The van der Waals surface area contributed by atoms with Crippen molar-refractivity contribution in [2.75, 3.05) is 19.0 Å². The Hall–Kier alpha value is -2.74. The van der Waals surface area contributed by atoms with Crippen LogP contribution in [0.15, 0.2) is 42.5 Å². The van der Waals surface area contributed by atoms with E-state index < -0.39 is 24.3 Å². The molecule has 0 aliphatic rings. The number of carbonyl (C=O) groups is 2. The number of carbonyl (C=O) groups excluding carboxylic acids is 2. The van der Waals surface area contributed by atoms with Gasteiger partial charge in [-0.05, 0) is 35.9 Å². The summed E-state index contributed by atoms with van der Waals surface area (Å²) in [6.07, 6.45) is -4.45. The van der Waals surface area contributed by atoms with Crippen LogP contribution in [0.4, 0.5) is 18.9 Å². The maximum atomic E-state index is 12.7. The molecule has 27 heavy (non-hydrogen) atoms. The van der Waals surface area contributed by atoms with Crippen LogP contribution in [0.25, 0.3) is 0 Å². The maximum Gasteiger partial charge on any atom is 0.416 e. The molecule has 0 unspecified atom stereocenters. The fraction of sp³-hybridized carbons (Fsp3) is 0.222. The maximum absolute atomic E-state index is 12.7. The summed E-state index contributed by atoms with van der Waals surface area (Å²) in [4.78, 5) is 23.1. The Balaban J connectivity index is 1.94. The van der Waals surface area contributed by atoms with Crippen molar-refractivity contribution < 1.29 is 32.2 Å². The number of benzene rings is 2. The minimum Gasteiger partial charge on any atom is -0.484 e. The molecule has 0 aliphatic heterocycles. The summed E-state index contributed by atoms with van der Waals surface area (Å²) in [5.41, 5.74) is -0.382. The lowest BCUT2D eigenvalue weighted by atomic mass is 10.1. The molecule has 0 spiro atoms. The molecule has 0 aromatic heterocycles. The molecule has 2 rings (SSSR count). The highest BCUT2D eigenvalue weighted by Gasteiger charge is 2.31. The Morgan fingerprint density at radius 1 is 1.11 bits per heavy atom. The molecule has 9 heteroatoms. The monoisotopic (exact) mass is 401 g/mol. The van der Waals surface area contributed by atoms with Crippen LogP contribution < -0.4 is 10.1 Å². The van der Waals surface area contributed by atoms with E-state index >= 15 is 0 Å². The van der Waals surface area contributed by atoms with Gasteiger partial charge in [-0.25, -0.2) is 0 Å². The van der Waals surface area contributed by atoms with Crippen LogP contribution in [0.2, 0.25) is 5.02 Å². The molecule has 5 nitrogen and oxygen atoms in total. The average molecular weight is 402 g/mol. The van der Waals surface area contributed by atoms with E-state index in [1.54, 1.807) is 24.3 Å². The lowest BCUT2D eigenvalue weighted by Crippen LogP contribution is -2.20. The van der Waals surface area contributed by atoms with Crippen molar-refractivity contribution in [2.45, 2.75) is 12.6 Å². The van der Waals surface area contributed by atoms with Gasteiger partial charge in [0.2, 0.25) is 0 Å². The summed E-state index contributed by atoms with van der Waals surface area (Å²) in [5, 5.41) is 2.26. The largest absolute Gasteiger partial charge is 0.484 e. The number of anilines is 1. The van der Waals surface area contributed by atoms with E-state index in [2.05, 4.69) is 10.1 Å². The summed E-state index contributed by atoms with van der Waals surface area (Å²) < 4.78 is 48.0. The molecular weight excluding hydrogens is 387 g/mol. The molecule has 0 bridgehead atoms. The van der Waals surface area contributed by atoms with Gasteiger partial charge in [0.1, 0.15) is 5.75 Å². The minimum absolute atomic E-state index is 0.0245. The van der Waals surface area contributed by atoms with Crippen LogP contribution >= 0.6 is 11.6 Å². The van der Waals surface area contributed by atoms with Crippen LogP contribution in [0, 0.1) is 0 Å². The van der Waals surface area contributed by atoms with Crippen LogP contribution in [-0.2, 0) is 26.9 Å². The Morgan fingerprint density at radius 3 is 2.37 bits per heavy atom. The third kappa shape index (κ3) is 6.18. The zero-order chi connectivity index (χ0) is 20.0. The van der Waals surface area contributed by atoms with E-state index in [9.17, 15) is 22.8 Å². The first-order valence-electron chi connectivity index (χ1n) is 7.64. The Kier molecular flexibility index (Phi) is 6.68. The predicted octanol–water partition coefficient (Wildman–Crippen LogP) is 4.09. The van der Waals surface area contributed by atoms with E-state index in [4.69, 9.17) is 16.3 Å². The first kappa shape index (κ1) is 20.6. The number of rotatable bonds is 6. The highest BCUT2D eigenvalue weighted by atomic mass is 35.5. The number of hydrogen-bond donors (Lipinski definition) is 1. The summed E-state index contributed by atoms with van der Waals surface area (Å²) >= 11 is 5.82. The summed E-state index contributed by atoms with van der Waals surface area (Å²) in [7, 11) is 1.29. The van der Waals surface area contributed by atoms with Gasteiger partial charge in [0.05, 0.1) is 29.8 Å².